The molecule has 1 unspecified atom stereocenters. The lowest BCUT2D eigenvalue weighted by Crippen LogP contribution is -2.40. The van der Waals surface area contributed by atoms with E-state index >= 15 is 0 Å². The summed E-state index contributed by atoms with van der Waals surface area (Å²) in [5.74, 6) is 0.914. The van der Waals surface area contributed by atoms with E-state index in [1.54, 1.807) is 13.1 Å². The molecule has 8 heteroatoms. The van der Waals surface area contributed by atoms with Gasteiger partial charge in [-0.1, -0.05) is 34.1 Å². The Labute approximate surface area is 185 Å². The number of nitrogens with zero attached hydrogens (tertiary/aromatic N) is 1. The standard InChI is InChI=1S/C19H25BrN4O2.HI/c1-13-9-12-26-17(13)18(25)22-10-6-11-23-19(21-3)24-14(2)15-7-4-5-8-16(15)20;/h4-5,7-9,12,14H,6,10-11H2,1-3H3,(H,22,25)(H2,21,23,24);1H. The molecular weight excluding hydrogens is 523 g/mol. The van der Waals surface area contributed by atoms with Gasteiger partial charge in [0.15, 0.2) is 11.7 Å². The molecule has 0 aliphatic carbocycles. The SMILES string of the molecule is CN=C(NCCCNC(=O)c1occc1C)NC(C)c1ccccc1Br.I. The summed E-state index contributed by atoms with van der Waals surface area (Å²) in [6, 6.07) is 9.98. The first-order valence-corrected chi connectivity index (χ1v) is 9.36. The van der Waals surface area contributed by atoms with Crippen LogP contribution in [0, 0.1) is 6.92 Å². The molecule has 1 amide bonds. The number of nitrogens with one attached hydrogen (secondary N) is 3. The summed E-state index contributed by atoms with van der Waals surface area (Å²) in [6.07, 6.45) is 2.29. The number of hydrogen-bond donors (Lipinski definition) is 3. The number of hydrogen-bond acceptors (Lipinski definition) is 3. The smallest absolute Gasteiger partial charge is 0.287 e. The summed E-state index contributed by atoms with van der Waals surface area (Å²) >= 11 is 3.57. The van der Waals surface area contributed by atoms with Crippen molar-refractivity contribution in [3.63, 3.8) is 0 Å². The fraction of sp³-hybridized carbons (Fsp3) is 0.368. The van der Waals surface area contributed by atoms with Gasteiger partial charge in [0.2, 0.25) is 0 Å². The third kappa shape index (κ3) is 7.17. The Morgan fingerprint density at radius 1 is 1.22 bits per heavy atom. The van der Waals surface area contributed by atoms with E-state index in [-0.39, 0.29) is 35.9 Å². The quantitative estimate of drug-likeness (QED) is 0.211. The number of carbonyl (C=O) groups is 1. The van der Waals surface area contributed by atoms with Crippen molar-refractivity contribution in [3.05, 3.63) is 58.0 Å². The van der Waals surface area contributed by atoms with Gasteiger partial charge in [0, 0.05) is 30.2 Å². The van der Waals surface area contributed by atoms with Gasteiger partial charge in [0.05, 0.1) is 12.3 Å². The normalized spacial score (nSPS) is 12.1. The molecule has 1 aromatic carbocycles. The average Bonchev–Trinajstić information content (AvgIpc) is 3.06. The van der Waals surface area contributed by atoms with Crippen LogP contribution in [0.4, 0.5) is 0 Å². The molecule has 0 saturated heterocycles. The highest BCUT2D eigenvalue weighted by atomic mass is 127. The molecule has 2 aromatic rings. The molecule has 1 atom stereocenters. The maximum Gasteiger partial charge on any atom is 0.287 e. The van der Waals surface area contributed by atoms with Crippen molar-refractivity contribution < 1.29 is 9.21 Å². The highest BCUT2D eigenvalue weighted by Gasteiger charge is 2.12. The first kappa shape index (κ1) is 23.5. The zero-order valence-electron chi connectivity index (χ0n) is 15.7. The molecule has 0 aliphatic heterocycles. The Kier molecular flexibility index (Phi) is 10.5. The Bertz CT molecular complexity index is 764. The van der Waals surface area contributed by atoms with Crippen LogP contribution in [0.2, 0.25) is 0 Å². The second-order valence-electron chi connectivity index (χ2n) is 5.93. The second-order valence-corrected chi connectivity index (χ2v) is 6.78. The van der Waals surface area contributed by atoms with E-state index in [2.05, 4.69) is 49.9 Å². The Morgan fingerprint density at radius 2 is 1.93 bits per heavy atom. The summed E-state index contributed by atoms with van der Waals surface area (Å²) in [5, 5.41) is 9.47. The number of amides is 1. The number of guanidine groups is 1. The van der Waals surface area contributed by atoms with Crippen molar-refractivity contribution in [3.8, 4) is 0 Å². The number of carbonyl (C=O) groups excluding carboxylic acids is 1. The minimum Gasteiger partial charge on any atom is -0.459 e. The minimum atomic E-state index is -0.183. The van der Waals surface area contributed by atoms with Crippen molar-refractivity contribution in [2.24, 2.45) is 4.99 Å². The molecule has 6 nitrogen and oxygen atoms in total. The number of furan rings is 1. The molecule has 3 N–H and O–H groups in total. The van der Waals surface area contributed by atoms with Gasteiger partial charge < -0.3 is 20.4 Å². The van der Waals surface area contributed by atoms with Gasteiger partial charge in [-0.25, -0.2) is 0 Å². The molecule has 27 heavy (non-hydrogen) atoms. The molecule has 148 valence electrons. The van der Waals surface area contributed by atoms with Crippen molar-refractivity contribution in [2.45, 2.75) is 26.3 Å². The van der Waals surface area contributed by atoms with Crippen LogP contribution in [-0.2, 0) is 0 Å². The molecule has 0 bridgehead atoms. The lowest BCUT2D eigenvalue weighted by Gasteiger charge is -2.19. The van der Waals surface area contributed by atoms with E-state index in [0.29, 0.717) is 18.8 Å². The van der Waals surface area contributed by atoms with Gasteiger partial charge >= 0.3 is 0 Å². The van der Waals surface area contributed by atoms with Crippen molar-refractivity contribution in [2.75, 3.05) is 20.1 Å². The fourth-order valence-electron chi connectivity index (χ4n) is 2.49. The monoisotopic (exact) mass is 548 g/mol. The van der Waals surface area contributed by atoms with Crippen molar-refractivity contribution in [1.82, 2.24) is 16.0 Å². The molecule has 2 rings (SSSR count). The maximum absolute atomic E-state index is 11.9. The largest absolute Gasteiger partial charge is 0.459 e. The van der Waals surface area contributed by atoms with E-state index in [1.165, 1.54) is 6.26 Å². The number of rotatable bonds is 7. The molecule has 0 radical (unpaired) electrons. The zero-order chi connectivity index (χ0) is 18.9. The zero-order valence-corrected chi connectivity index (χ0v) is 19.6. The van der Waals surface area contributed by atoms with Gasteiger partial charge in [0.1, 0.15) is 0 Å². The van der Waals surface area contributed by atoms with Gasteiger partial charge in [0.25, 0.3) is 5.91 Å². The molecule has 0 saturated carbocycles. The number of aliphatic imine (C=N–C) groups is 1. The van der Waals surface area contributed by atoms with Gasteiger partial charge in [-0.05, 0) is 38.0 Å². The van der Waals surface area contributed by atoms with E-state index < -0.39 is 0 Å². The molecule has 1 aromatic heterocycles. The molecular formula is C19H26BrIN4O2. The van der Waals surface area contributed by atoms with Gasteiger partial charge in [-0.2, -0.15) is 0 Å². The van der Waals surface area contributed by atoms with Crippen molar-refractivity contribution in [1.29, 1.82) is 0 Å². The molecule has 0 spiro atoms. The maximum atomic E-state index is 11.9. The summed E-state index contributed by atoms with van der Waals surface area (Å²) < 4.78 is 6.23. The van der Waals surface area contributed by atoms with E-state index in [9.17, 15) is 4.79 Å². The Balaban J connectivity index is 0.00000364. The molecule has 0 aliphatic rings. The Hall–Kier alpha value is -1.55. The van der Waals surface area contributed by atoms with Crippen LogP contribution in [-0.4, -0.2) is 32.0 Å². The topological polar surface area (TPSA) is 78.7 Å². The first-order valence-electron chi connectivity index (χ1n) is 8.56. The predicted octanol–water partition coefficient (Wildman–Crippen LogP) is 4.01. The van der Waals surface area contributed by atoms with Crippen LogP contribution in [0.1, 0.15) is 41.1 Å². The van der Waals surface area contributed by atoms with Crippen molar-refractivity contribution >= 4 is 51.8 Å². The summed E-state index contributed by atoms with van der Waals surface area (Å²) in [7, 11) is 1.74. The van der Waals surface area contributed by atoms with Crippen LogP contribution < -0.4 is 16.0 Å². The number of halogens is 2. The summed E-state index contributed by atoms with van der Waals surface area (Å²) in [4.78, 5) is 16.2. The van der Waals surface area contributed by atoms with E-state index in [4.69, 9.17) is 4.42 Å². The third-order valence-electron chi connectivity index (χ3n) is 3.95. The van der Waals surface area contributed by atoms with Gasteiger partial charge in [-0.15, -0.1) is 24.0 Å². The molecule has 0 fully saturated rings. The van der Waals surface area contributed by atoms with Crippen LogP contribution >= 0.6 is 39.9 Å². The first-order chi connectivity index (χ1) is 12.5. The fourth-order valence-corrected chi connectivity index (χ4v) is 3.11. The molecule has 1 heterocycles. The third-order valence-corrected chi connectivity index (χ3v) is 4.67. The van der Waals surface area contributed by atoms with Crippen LogP contribution in [0.3, 0.4) is 0 Å². The lowest BCUT2D eigenvalue weighted by atomic mass is 10.1. The number of aryl methyl sites for hydroxylation is 1. The number of benzene rings is 1. The average molecular weight is 549 g/mol. The predicted molar refractivity (Wildman–Crippen MR) is 123 cm³/mol. The van der Waals surface area contributed by atoms with Crippen LogP contribution in [0.5, 0.6) is 0 Å². The van der Waals surface area contributed by atoms with Crippen LogP contribution in [0.25, 0.3) is 0 Å². The Morgan fingerprint density at radius 3 is 2.56 bits per heavy atom. The van der Waals surface area contributed by atoms with Gasteiger partial charge in [-0.3, -0.25) is 9.79 Å². The van der Waals surface area contributed by atoms with Crippen LogP contribution in [0.15, 0.2) is 50.5 Å². The minimum absolute atomic E-state index is 0. The second kappa shape index (κ2) is 12.0. The van der Waals surface area contributed by atoms with E-state index in [0.717, 1.165) is 28.0 Å². The van der Waals surface area contributed by atoms with E-state index in [1.807, 2.05) is 25.1 Å². The summed E-state index contributed by atoms with van der Waals surface area (Å²) in [6.45, 7) is 5.18. The lowest BCUT2D eigenvalue weighted by molar-refractivity contribution is 0.0925. The summed E-state index contributed by atoms with van der Waals surface area (Å²) in [5.41, 5.74) is 2.00. The highest BCUT2D eigenvalue weighted by molar-refractivity contribution is 14.0. The highest BCUT2D eigenvalue weighted by Crippen LogP contribution is 2.22.